The Kier molecular flexibility index (Phi) is 4.88. The van der Waals surface area contributed by atoms with E-state index in [4.69, 9.17) is 10.2 Å². The van der Waals surface area contributed by atoms with Crippen molar-refractivity contribution in [3.05, 3.63) is 58.9 Å². The van der Waals surface area contributed by atoms with Gasteiger partial charge in [-0.05, 0) is 30.3 Å². The highest BCUT2D eigenvalue weighted by molar-refractivity contribution is 5.95. The van der Waals surface area contributed by atoms with Gasteiger partial charge in [-0.15, -0.1) is 0 Å². The van der Waals surface area contributed by atoms with Gasteiger partial charge in [0.25, 0.3) is 0 Å². The van der Waals surface area contributed by atoms with E-state index in [9.17, 15) is 18.0 Å². The van der Waals surface area contributed by atoms with E-state index < -0.39 is 41.3 Å². The minimum absolute atomic E-state index is 0.244. The van der Waals surface area contributed by atoms with Crippen molar-refractivity contribution in [1.82, 2.24) is 0 Å². The molecule has 2 aromatic rings. The molecule has 0 aliphatic carbocycles. The highest BCUT2D eigenvalue weighted by Crippen LogP contribution is 2.28. The summed E-state index contributed by atoms with van der Waals surface area (Å²) in [5.41, 5.74) is -1.19. The molecule has 3 N–H and O–H groups in total. The molecular formula is C16H10F3NO3. The van der Waals surface area contributed by atoms with Crippen LogP contribution in [0.2, 0.25) is 0 Å². The lowest BCUT2D eigenvalue weighted by Crippen LogP contribution is -2.07. The number of carbonyl (C=O) groups is 1. The minimum Gasteiger partial charge on any atom is -0.478 e. The molecule has 0 bridgehead atoms. The number of hydrogen-bond acceptors (Lipinski definition) is 3. The summed E-state index contributed by atoms with van der Waals surface area (Å²) in [7, 11) is 0. The van der Waals surface area contributed by atoms with Gasteiger partial charge in [0, 0.05) is 5.56 Å². The fourth-order valence-electron chi connectivity index (χ4n) is 1.82. The van der Waals surface area contributed by atoms with Crippen LogP contribution in [0.15, 0.2) is 30.3 Å². The van der Waals surface area contributed by atoms with Crippen LogP contribution in [0.5, 0.6) is 0 Å². The van der Waals surface area contributed by atoms with Crippen molar-refractivity contribution < 1.29 is 28.2 Å². The van der Waals surface area contributed by atoms with Crippen molar-refractivity contribution in [3.63, 3.8) is 0 Å². The van der Waals surface area contributed by atoms with Gasteiger partial charge in [-0.1, -0.05) is 11.8 Å². The molecule has 0 aliphatic heterocycles. The molecule has 0 aromatic heterocycles. The molecule has 23 heavy (non-hydrogen) atoms. The Balaban J connectivity index is 2.43. The molecule has 118 valence electrons. The fourth-order valence-corrected chi connectivity index (χ4v) is 1.82. The number of anilines is 2. The van der Waals surface area contributed by atoms with Crippen LogP contribution in [0.3, 0.4) is 0 Å². The number of aromatic carboxylic acids is 1. The van der Waals surface area contributed by atoms with Crippen LogP contribution in [-0.4, -0.2) is 22.8 Å². The Bertz CT molecular complexity index is 825. The normalized spacial score (nSPS) is 9.91. The van der Waals surface area contributed by atoms with Gasteiger partial charge in [-0.25, -0.2) is 18.0 Å². The SMILES string of the molecule is O=C(O)c1ccc(F)c(F)c1Nc1ccc(C#CCO)cc1F. The molecule has 2 aromatic carbocycles. The lowest BCUT2D eigenvalue weighted by atomic mass is 10.1. The molecule has 0 atom stereocenters. The predicted octanol–water partition coefficient (Wildman–Crippen LogP) is 2.89. The van der Waals surface area contributed by atoms with E-state index in [-0.39, 0.29) is 11.3 Å². The van der Waals surface area contributed by atoms with Crippen LogP contribution >= 0.6 is 0 Å². The molecule has 0 aliphatic rings. The topological polar surface area (TPSA) is 69.6 Å². The molecule has 7 heteroatoms. The van der Waals surface area contributed by atoms with Crippen molar-refractivity contribution in [2.45, 2.75) is 0 Å². The van der Waals surface area contributed by atoms with Gasteiger partial charge in [0.2, 0.25) is 0 Å². The third kappa shape index (κ3) is 3.62. The first-order valence-corrected chi connectivity index (χ1v) is 6.31. The van der Waals surface area contributed by atoms with Gasteiger partial charge in [0.1, 0.15) is 12.4 Å². The molecule has 0 heterocycles. The molecule has 0 radical (unpaired) electrons. The average molecular weight is 321 g/mol. The van der Waals surface area contributed by atoms with E-state index in [1.807, 2.05) is 0 Å². The minimum atomic E-state index is -1.49. The summed E-state index contributed by atoms with van der Waals surface area (Å²) in [6.45, 7) is -0.391. The highest BCUT2D eigenvalue weighted by atomic mass is 19.2. The molecule has 0 amide bonds. The second-order valence-corrected chi connectivity index (χ2v) is 4.37. The maximum Gasteiger partial charge on any atom is 0.337 e. The summed E-state index contributed by atoms with van der Waals surface area (Å²) in [6, 6.07) is 5.15. The van der Waals surface area contributed by atoms with Gasteiger partial charge in [-0.2, -0.15) is 0 Å². The maximum absolute atomic E-state index is 14.0. The lowest BCUT2D eigenvalue weighted by molar-refractivity contribution is 0.0697. The Labute approximate surface area is 129 Å². The second-order valence-electron chi connectivity index (χ2n) is 4.37. The van der Waals surface area contributed by atoms with Crippen LogP contribution in [0, 0.1) is 29.3 Å². The summed E-state index contributed by atoms with van der Waals surface area (Å²) in [5, 5.41) is 19.8. The number of hydrogen-bond donors (Lipinski definition) is 3. The Hall–Kier alpha value is -2.98. The summed E-state index contributed by atoms with van der Waals surface area (Å²) in [6.07, 6.45) is 0. The second kappa shape index (κ2) is 6.85. The molecule has 0 saturated heterocycles. The van der Waals surface area contributed by atoms with Crippen LogP contribution in [0.25, 0.3) is 0 Å². The zero-order valence-electron chi connectivity index (χ0n) is 11.5. The quantitative estimate of drug-likeness (QED) is 0.760. The van der Waals surface area contributed by atoms with Crippen LogP contribution in [-0.2, 0) is 0 Å². The Morgan fingerprint density at radius 2 is 1.87 bits per heavy atom. The maximum atomic E-state index is 14.0. The van der Waals surface area contributed by atoms with Gasteiger partial charge in [-0.3, -0.25) is 0 Å². The number of rotatable bonds is 3. The number of carboxylic acids is 1. The zero-order chi connectivity index (χ0) is 17.0. The summed E-state index contributed by atoms with van der Waals surface area (Å²) >= 11 is 0. The van der Waals surface area contributed by atoms with Crippen LogP contribution < -0.4 is 5.32 Å². The van der Waals surface area contributed by atoms with Crippen molar-refractivity contribution in [2.75, 3.05) is 11.9 Å². The molecule has 0 spiro atoms. The number of aliphatic hydroxyl groups excluding tert-OH is 1. The number of aliphatic hydroxyl groups is 1. The summed E-state index contributed by atoms with van der Waals surface area (Å²) < 4.78 is 41.1. The monoisotopic (exact) mass is 321 g/mol. The van der Waals surface area contributed by atoms with Crippen LogP contribution in [0.4, 0.5) is 24.5 Å². The molecule has 2 rings (SSSR count). The third-order valence-electron chi connectivity index (χ3n) is 2.87. The van der Waals surface area contributed by atoms with Gasteiger partial charge < -0.3 is 15.5 Å². The summed E-state index contributed by atoms with van der Waals surface area (Å²) in [4.78, 5) is 11.1. The Morgan fingerprint density at radius 1 is 1.13 bits per heavy atom. The van der Waals surface area contributed by atoms with Crippen LogP contribution in [0.1, 0.15) is 15.9 Å². The largest absolute Gasteiger partial charge is 0.478 e. The molecule has 0 unspecified atom stereocenters. The standard InChI is InChI=1S/C16H10F3NO3/c17-11-5-4-10(16(22)23)15(14(11)19)20-13-6-3-9(2-1-7-21)8-12(13)18/h3-6,8,20-21H,7H2,(H,22,23). The van der Waals surface area contributed by atoms with Gasteiger partial charge in [0.15, 0.2) is 11.6 Å². The van der Waals surface area contributed by atoms with Gasteiger partial charge in [0.05, 0.1) is 16.9 Å². The average Bonchev–Trinajstić information content (AvgIpc) is 2.51. The molecule has 4 nitrogen and oxygen atoms in total. The lowest BCUT2D eigenvalue weighted by Gasteiger charge is -2.12. The first kappa shape index (κ1) is 16.4. The number of halogens is 3. The van der Waals surface area contributed by atoms with E-state index in [1.165, 1.54) is 12.1 Å². The highest BCUT2D eigenvalue weighted by Gasteiger charge is 2.19. The first-order valence-electron chi connectivity index (χ1n) is 6.31. The van der Waals surface area contributed by atoms with E-state index in [0.29, 0.717) is 6.07 Å². The fraction of sp³-hybridized carbons (Fsp3) is 0.0625. The number of carboxylic acid groups (broad SMARTS) is 1. The number of nitrogens with one attached hydrogen (secondary N) is 1. The smallest absolute Gasteiger partial charge is 0.337 e. The van der Waals surface area contributed by atoms with Crippen molar-refractivity contribution >= 4 is 17.3 Å². The van der Waals surface area contributed by atoms with Crippen molar-refractivity contribution in [1.29, 1.82) is 0 Å². The van der Waals surface area contributed by atoms with E-state index in [1.54, 1.807) is 0 Å². The zero-order valence-corrected chi connectivity index (χ0v) is 11.5. The van der Waals surface area contributed by atoms with E-state index in [0.717, 1.165) is 12.1 Å². The molecular weight excluding hydrogens is 311 g/mol. The van der Waals surface area contributed by atoms with Gasteiger partial charge >= 0.3 is 5.97 Å². The van der Waals surface area contributed by atoms with Crippen molar-refractivity contribution in [2.24, 2.45) is 0 Å². The molecule has 0 saturated carbocycles. The van der Waals surface area contributed by atoms with E-state index in [2.05, 4.69) is 17.2 Å². The first-order chi connectivity index (χ1) is 10.9. The van der Waals surface area contributed by atoms with Crippen molar-refractivity contribution in [3.8, 4) is 11.8 Å². The summed E-state index contributed by atoms with van der Waals surface area (Å²) in [5.74, 6) is -0.197. The Morgan fingerprint density at radius 3 is 2.48 bits per heavy atom. The third-order valence-corrected chi connectivity index (χ3v) is 2.87. The number of benzene rings is 2. The molecule has 0 fully saturated rings. The van der Waals surface area contributed by atoms with E-state index >= 15 is 0 Å². The predicted molar refractivity (Wildman–Crippen MR) is 77.0 cm³/mol.